The SMILES string of the molecule is O=C(NNC(=O)[C@@H]1CC1(c1ccccc1)c1ccccc1)Nc1ccc(Cl)cc1. The highest BCUT2D eigenvalue weighted by molar-refractivity contribution is 6.30. The summed E-state index contributed by atoms with van der Waals surface area (Å²) in [6, 6.07) is 26.2. The van der Waals surface area contributed by atoms with Gasteiger partial charge in [-0.2, -0.15) is 0 Å². The number of urea groups is 1. The zero-order valence-corrected chi connectivity index (χ0v) is 16.3. The number of hydrazine groups is 1. The van der Waals surface area contributed by atoms with Gasteiger partial charge in [0.2, 0.25) is 5.91 Å². The molecule has 0 aromatic heterocycles. The predicted molar refractivity (Wildman–Crippen MR) is 114 cm³/mol. The van der Waals surface area contributed by atoms with Gasteiger partial charge in [-0.1, -0.05) is 72.3 Å². The first-order chi connectivity index (χ1) is 14.1. The van der Waals surface area contributed by atoms with Gasteiger partial charge in [0.25, 0.3) is 0 Å². The van der Waals surface area contributed by atoms with Crippen molar-refractivity contribution in [2.45, 2.75) is 11.8 Å². The molecule has 1 saturated carbocycles. The van der Waals surface area contributed by atoms with Crippen LogP contribution in [0.1, 0.15) is 17.5 Å². The second kappa shape index (κ2) is 7.97. The lowest BCUT2D eigenvalue weighted by atomic mass is 9.85. The van der Waals surface area contributed by atoms with Crippen LogP contribution in [0, 0.1) is 5.92 Å². The molecule has 3 N–H and O–H groups in total. The van der Waals surface area contributed by atoms with E-state index < -0.39 is 6.03 Å². The van der Waals surface area contributed by atoms with E-state index in [1.165, 1.54) is 0 Å². The highest BCUT2D eigenvalue weighted by Gasteiger charge is 2.60. The third kappa shape index (κ3) is 3.96. The molecule has 1 aliphatic rings. The van der Waals surface area contributed by atoms with E-state index in [2.05, 4.69) is 16.2 Å². The molecule has 0 aliphatic heterocycles. The summed E-state index contributed by atoms with van der Waals surface area (Å²) in [6.45, 7) is 0. The van der Waals surface area contributed by atoms with Crippen LogP contribution in [0.3, 0.4) is 0 Å². The van der Waals surface area contributed by atoms with Crippen LogP contribution in [-0.4, -0.2) is 11.9 Å². The molecular weight excluding hydrogens is 386 g/mol. The van der Waals surface area contributed by atoms with Crippen molar-refractivity contribution in [3.05, 3.63) is 101 Å². The van der Waals surface area contributed by atoms with Gasteiger partial charge in [0, 0.05) is 16.1 Å². The molecule has 1 atom stereocenters. The Kier molecular flexibility index (Phi) is 5.23. The number of carbonyl (C=O) groups is 2. The normalized spacial score (nSPS) is 16.5. The second-order valence-electron chi connectivity index (χ2n) is 7.04. The number of hydrogen-bond donors (Lipinski definition) is 3. The molecule has 0 saturated heterocycles. The summed E-state index contributed by atoms with van der Waals surface area (Å²) in [6.07, 6.45) is 0.688. The molecule has 0 unspecified atom stereocenters. The maximum atomic E-state index is 12.8. The highest BCUT2D eigenvalue weighted by Crippen LogP contribution is 2.58. The van der Waals surface area contributed by atoms with E-state index >= 15 is 0 Å². The number of nitrogens with one attached hydrogen (secondary N) is 3. The Labute approximate surface area is 174 Å². The first-order valence-electron chi connectivity index (χ1n) is 9.33. The molecule has 0 radical (unpaired) electrons. The molecular formula is C23H20ClN3O2. The van der Waals surface area contributed by atoms with Crippen LogP contribution in [-0.2, 0) is 10.2 Å². The molecule has 1 aliphatic carbocycles. The van der Waals surface area contributed by atoms with Gasteiger partial charge in [-0.15, -0.1) is 0 Å². The summed E-state index contributed by atoms with van der Waals surface area (Å²) in [7, 11) is 0. The fourth-order valence-corrected chi connectivity index (χ4v) is 3.88. The molecule has 1 fully saturated rings. The maximum absolute atomic E-state index is 12.8. The average molecular weight is 406 g/mol. The number of halogens is 1. The van der Waals surface area contributed by atoms with Gasteiger partial charge in [0.15, 0.2) is 0 Å². The third-order valence-electron chi connectivity index (χ3n) is 5.26. The van der Waals surface area contributed by atoms with Crippen molar-refractivity contribution >= 4 is 29.2 Å². The third-order valence-corrected chi connectivity index (χ3v) is 5.51. The molecule has 3 aromatic rings. The van der Waals surface area contributed by atoms with Crippen molar-refractivity contribution in [2.75, 3.05) is 5.32 Å². The summed E-state index contributed by atoms with van der Waals surface area (Å²) in [5.41, 5.74) is 7.36. The van der Waals surface area contributed by atoms with Crippen LogP contribution in [0.5, 0.6) is 0 Å². The Morgan fingerprint density at radius 2 is 1.34 bits per heavy atom. The Morgan fingerprint density at radius 3 is 1.90 bits per heavy atom. The van der Waals surface area contributed by atoms with Crippen LogP contribution >= 0.6 is 11.6 Å². The Morgan fingerprint density at radius 1 is 0.793 bits per heavy atom. The minimum atomic E-state index is -0.522. The number of rotatable bonds is 4. The molecule has 29 heavy (non-hydrogen) atoms. The van der Waals surface area contributed by atoms with Crippen LogP contribution in [0.25, 0.3) is 0 Å². The van der Waals surface area contributed by atoms with E-state index in [1.54, 1.807) is 24.3 Å². The van der Waals surface area contributed by atoms with Crippen LogP contribution in [0.2, 0.25) is 5.02 Å². The lowest BCUT2D eigenvalue weighted by Gasteiger charge is -2.19. The molecule has 146 valence electrons. The van der Waals surface area contributed by atoms with Gasteiger partial charge in [-0.25, -0.2) is 10.2 Å². The molecule has 6 heteroatoms. The fourth-order valence-electron chi connectivity index (χ4n) is 3.76. The van der Waals surface area contributed by atoms with Crippen molar-refractivity contribution in [2.24, 2.45) is 5.92 Å². The first-order valence-corrected chi connectivity index (χ1v) is 9.71. The van der Waals surface area contributed by atoms with Gasteiger partial charge < -0.3 is 5.32 Å². The number of hydrogen-bond acceptors (Lipinski definition) is 2. The van der Waals surface area contributed by atoms with Gasteiger partial charge in [-0.05, 0) is 41.8 Å². The van der Waals surface area contributed by atoms with Crippen molar-refractivity contribution in [3.8, 4) is 0 Å². The number of carbonyl (C=O) groups excluding carboxylic acids is 2. The van der Waals surface area contributed by atoms with E-state index in [4.69, 9.17) is 11.6 Å². The maximum Gasteiger partial charge on any atom is 0.337 e. The monoisotopic (exact) mass is 405 g/mol. The first kappa shape index (κ1) is 19.0. The summed E-state index contributed by atoms with van der Waals surface area (Å²) < 4.78 is 0. The quantitative estimate of drug-likeness (QED) is 0.559. The molecule has 3 amide bonds. The molecule has 5 nitrogen and oxygen atoms in total. The van der Waals surface area contributed by atoms with Crippen LogP contribution < -0.4 is 16.2 Å². The smallest absolute Gasteiger partial charge is 0.307 e. The van der Waals surface area contributed by atoms with Crippen molar-refractivity contribution < 1.29 is 9.59 Å². The van der Waals surface area contributed by atoms with Gasteiger partial charge in [0.1, 0.15) is 0 Å². The zero-order chi connectivity index (χ0) is 20.3. The molecule has 0 bridgehead atoms. The van der Waals surface area contributed by atoms with Gasteiger partial charge in [-0.3, -0.25) is 10.2 Å². The number of anilines is 1. The summed E-state index contributed by atoms with van der Waals surface area (Å²) in [4.78, 5) is 24.9. The predicted octanol–water partition coefficient (Wildman–Crippen LogP) is 4.50. The average Bonchev–Trinajstić information content (AvgIpc) is 3.52. The summed E-state index contributed by atoms with van der Waals surface area (Å²) in [5, 5.41) is 3.22. The molecule has 0 spiro atoms. The van der Waals surface area contributed by atoms with E-state index in [0.29, 0.717) is 17.1 Å². The summed E-state index contributed by atoms with van der Waals surface area (Å²) >= 11 is 5.84. The van der Waals surface area contributed by atoms with Crippen molar-refractivity contribution in [3.63, 3.8) is 0 Å². The number of benzene rings is 3. The Bertz CT molecular complexity index is 968. The Hall–Kier alpha value is -3.31. The topological polar surface area (TPSA) is 70.2 Å². The largest absolute Gasteiger partial charge is 0.337 e. The minimum absolute atomic E-state index is 0.219. The zero-order valence-electron chi connectivity index (χ0n) is 15.6. The van der Waals surface area contributed by atoms with E-state index in [-0.39, 0.29) is 17.2 Å². The Balaban J connectivity index is 1.43. The highest BCUT2D eigenvalue weighted by atomic mass is 35.5. The van der Waals surface area contributed by atoms with Crippen molar-refractivity contribution in [1.29, 1.82) is 0 Å². The fraction of sp³-hybridized carbons (Fsp3) is 0.130. The van der Waals surface area contributed by atoms with E-state index in [9.17, 15) is 9.59 Å². The second-order valence-corrected chi connectivity index (χ2v) is 7.47. The lowest BCUT2D eigenvalue weighted by Crippen LogP contribution is -2.45. The van der Waals surface area contributed by atoms with Crippen LogP contribution in [0.15, 0.2) is 84.9 Å². The molecule has 3 aromatic carbocycles. The summed E-state index contributed by atoms with van der Waals surface area (Å²) in [5.74, 6) is -0.480. The van der Waals surface area contributed by atoms with Gasteiger partial charge in [0.05, 0.1) is 5.92 Å². The van der Waals surface area contributed by atoms with Gasteiger partial charge >= 0.3 is 6.03 Å². The minimum Gasteiger partial charge on any atom is -0.307 e. The lowest BCUT2D eigenvalue weighted by molar-refractivity contribution is -0.123. The van der Waals surface area contributed by atoms with Crippen molar-refractivity contribution in [1.82, 2.24) is 10.9 Å². The van der Waals surface area contributed by atoms with E-state index in [0.717, 1.165) is 11.1 Å². The van der Waals surface area contributed by atoms with E-state index in [1.807, 2.05) is 60.7 Å². The molecule has 4 rings (SSSR count). The standard InChI is InChI=1S/C23H20ClN3O2/c24-18-11-13-19(14-12-18)25-22(29)27-26-21(28)20-15-23(20,16-7-3-1-4-8-16)17-9-5-2-6-10-17/h1-14,20H,15H2,(H,26,28)(H2,25,27,29)/t20-/m0/s1. The van der Waals surface area contributed by atoms with Crippen LogP contribution in [0.4, 0.5) is 10.5 Å². The number of amides is 3. The molecule has 0 heterocycles.